The molecule has 4 nitrogen and oxygen atoms in total. The molecule has 0 aliphatic heterocycles. The topological polar surface area (TPSA) is 36.9 Å². The summed E-state index contributed by atoms with van der Waals surface area (Å²) in [5, 5.41) is 0.158. The number of hydrogen-bond acceptors (Lipinski definition) is 4. The standard InChI is InChI=1S/C35H58O4Si3/c1-33(2,3)40(11,12)37-26-25-28-22-21-27-19-17-18-20-29(27)32(39-42(15,16)35(7,8)9)31(24-23-30(28)36-10)38-41(13,14)34(4,5)6/h17-20,25,30-32H,26H2,1-16H3/b28-25+/t30?,31-,32?/m1/s1. The minimum Gasteiger partial charge on any atom is -0.413 e. The van der Waals surface area contributed by atoms with Gasteiger partial charge in [0.25, 0.3) is 0 Å². The lowest BCUT2D eigenvalue weighted by molar-refractivity contribution is 0.0679. The second kappa shape index (κ2) is 13.3. The van der Waals surface area contributed by atoms with E-state index < -0.39 is 37.2 Å². The molecule has 0 saturated heterocycles. The van der Waals surface area contributed by atoms with E-state index in [1.807, 2.05) is 12.1 Å². The average Bonchev–Trinajstić information content (AvgIpc) is 2.82. The first-order valence-electron chi connectivity index (χ1n) is 15.3. The third kappa shape index (κ3) is 9.05. The number of hydrogen-bond donors (Lipinski definition) is 0. The Kier molecular flexibility index (Phi) is 11.6. The van der Waals surface area contributed by atoms with Crippen LogP contribution >= 0.6 is 0 Å². The van der Waals surface area contributed by atoms with Gasteiger partial charge < -0.3 is 18.0 Å². The van der Waals surface area contributed by atoms with E-state index in [0.717, 1.165) is 16.7 Å². The predicted octanol–water partition coefficient (Wildman–Crippen LogP) is 9.47. The van der Waals surface area contributed by atoms with Crippen LogP contribution in [-0.4, -0.2) is 50.9 Å². The Balaban J connectivity index is 2.77. The quantitative estimate of drug-likeness (QED) is 0.213. The largest absolute Gasteiger partial charge is 0.413 e. The van der Waals surface area contributed by atoms with Gasteiger partial charge in [0.2, 0.25) is 0 Å². The third-order valence-electron chi connectivity index (χ3n) is 9.77. The molecule has 0 spiro atoms. The van der Waals surface area contributed by atoms with Gasteiger partial charge in [0, 0.05) is 18.2 Å². The van der Waals surface area contributed by atoms with Crippen LogP contribution in [0, 0.1) is 23.7 Å². The van der Waals surface area contributed by atoms with Gasteiger partial charge in [-0.25, -0.2) is 0 Å². The zero-order valence-electron chi connectivity index (χ0n) is 29.5. The molecule has 0 saturated carbocycles. The van der Waals surface area contributed by atoms with E-state index in [-0.39, 0.29) is 21.2 Å². The molecule has 0 N–H and O–H groups in total. The Hall–Kier alpha value is -1.43. The molecule has 3 atom stereocenters. The fourth-order valence-electron chi connectivity index (χ4n) is 3.64. The first-order chi connectivity index (χ1) is 18.9. The van der Waals surface area contributed by atoms with Gasteiger partial charge in [-0.05, 0) is 72.1 Å². The van der Waals surface area contributed by atoms with Crippen molar-refractivity contribution in [2.75, 3.05) is 13.7 Å². The maximum atomic E-state index is 7.20. The maximum absolute atomic E-state index is 7.20. The minimum absolute atomic E-state index is 0.0116. The summed E-state index contributed by atoms with van der Waals surface area (Å²) in [5.74, 6) is 13.8. The van der Waals surface area contributed by atoms with Crippen LogP contribution in [0.25, 0.3) is 0 Å². The molecular formula is C35H58O4Si3. The van der Waals surface area contributed by atoms with Crippen LogP contribution in [0.15, 0.2) is 35.9 Å². The Morgan fingerprint density at radius 1 is 0.714 bits per heavy atom. The first kappa shape index (κ1) is 36.8. The van der Waals surface area contributed by atoms with Crippen molar-refractivity contribution in [1.29, 1.82) is 0 Å². The number of fused-ring (bicyclic) bond motifs is 1. The molecule has 7 heteroatoms. The summed E-state index contributed by atoms with van der Waals surface area (Å²) in [6, 6.07) is 8.31. The summed E-state index contributed by atoms with van der Waals surface area (Å²) >= 11 is 0. The SMILES string of the molecule is COC1C#C[C@@H](O[Si](C)(C)C(C)(C)C)C(O[Si](C)(C)C(C)(C)C)c2ccccc2C#C/C1=C\CO[Si](C)(C)C(C)(C)C. The van der Waals surface area contributed by atoms with Gasteiger partial charge in [0.15, 0.2) is 31.1 Å². The van der Waals surface area contributed by atoms with Crippen molar-refractivity contribution >= 4 is 25.0 Å². The monoisotopic (exact) mass is 626 g/mol. The third-order valence-corrected chi connectivity index (χ3v) is 23.2. The van der Waals surface area contributed by atoms with Crippen molar-refractivity contribution < 1.29 is 18.0 Å². The molecular weight excluding hydrogens is 569 g/mol. The summed E-state index contributed by atoms with van der Waals surface area (Å²) in [7, 11) is -4.67. The molecule has 0 radical (unpaired) electrons. The molecule has 2 rings (SSSR count). The summed E-state index contributed by atoms with van der Waals surface area (Å²) in [6.07, 6.45) is 0.713. The van der Waals surface area contributed by atoms with Gasteiger partial charge in [-0.15, -0.1) is 0 Å². The smallest absolute Gasteiger partial charge is 0.193 e. The van der Waals surface area contributed by atoms with Gasteiger partial charge in [0.05, 0.1) is 6.61 Å². The Morgan fingerprint density at radius 3 is 1.76 bits per heavy atom. The Bertz CT molecular complexity index is 1240. The normalized spacial score (nSPS) is 21.6. The molecule has 1 aromatic carbocycles. The van der Waals surface area contributed by atoms with Crippen molar-refractivity contribution in [2.45, 2.75) is 135 Å². The van der Waals surface area contributed by atoms with Gasteiger partial charge >= 0.3 is 0 Å². The molecule has 2 unspecified atom stereocenters. The molecule has 234 valence electrons. The van der Waals surface area contributed by atoms with Crippen LogP contribution in [-0.2, 0) is 18.0 Å². The van der Waals surface area contributed by atoms with Crippen LogP contribution in [0.5, 0.6) is 0 Å². The van der Waals surface area contributed by atoms with Crippen LogP contribution in [0.3, 0.4) is 0 Å². The Morgan fingerprint density at radius 2 is 1.24 bits per heavy atom. The van der Waals surface area contributed by atoms with Crippen LogP contribution in [0.4, 0.5) is 0 Å². The number of rotatable bonds is 8. The maximum Gasteiger partial charge on any atom is 0.193 e. The Labute approximate surface area is 261 Å². The lowest BCUT2D eigenvalue weighted by atomic mass is 9.97. The molecule has 1 aromatic rings. The fourth-order valence-corrected chi connectivity index (χ4v) is 6.99. The molecule has 1 aliphatic rings. The van der Waals surface area contributed by atoms with E-state index in [2.05, 4.69) is 143 Å². The van der Waals surface area contributed by atoms with Crippen molar-refractivity contribution in [3.8, 4) is 23.7 Å². The van der Waals surface area contributed by atoms with Gasteiger partial charge in [-0.2, -0.15) is 0 Å². The molecule has 1 aliphatic carbocycles. The molecule has 42 heavy (non-hydrogen) atoms. The summed E-state index contributed by atoms with van der Waals surface area (Å²) in [6.45, 7) is 34.5. The van der Waals surface area contributed by atoms with E-state index in [0.29, 0.717) is 6.61 Å². The van der Waals surface area contributed by atoms with E-state index in [1.165, 1.54) is 0 Å². The first-order valence-corrected chi connectivity index (χ1v) is 24.0. The van der Waals surface area contributed by atoms with Crippen molar-refractivity contribution in [1.82, 2.24) is 0 Å². The van der Waals surface area contributed by atoms with E-state index >= 15 is 0 Å². The number of ether oxygens (including phenoxy) is 1. The summed E-state index contributed by atoms with van der Waals surface area (Å²) in [4.78, 5) is 0. The summed E-state index contributed by atoms with van der Waals surface area (Å²) in [5.41, 5.74) is 2.77. The molecule has 0 amide bonds. The van der Waals surface area contributed by atoms with Crippen molar-refractivity contribution in [3.63, 3.8) is 0 Å². The fraction of sp³-hybridized carbons (Fsp3) is 0.657. The van der Waals surface area contributed by atoms with Crippen LogP contribution < -0.4 is 0 Å². The minimum atomic E-state index is -2.23. The van der Waals surface area contributed by atoms with Gasteiger partial charge in [-0.1, -0.05) is 104 Å². The lowest BCUT2D eigenvalue weighted by Crippen LogP contribution is -2.49. The van der Waals surface area contributed by atoms with Gasteiger partial charge in [0.1, 0.15) is 12.2 Å². The van der Waals surface area contributed by atoms with E-state index in [9.17, 15) is 0 Å². The zero-order valence-corrected chi connectivity index (χ0v) is 32.5. The molecule has 0 aromatic heterocycles. The predicted molar refractivity (Wildman–Crippen MR) is 186 cm³/mol. The second-order valence-corrected chi connectivity index (χ2v) is 30.4. The van der Waals surface area contributed by atoms with E-state index in [1.54, 1.807) is 7.11 Å². The zero-order chi connectivity index (χ0) is 32.4. The van der Waals surface area contributed by atoms with Crippen molar-refractivity contribution in [2.24, 2.45) is 0 Å². The molecule has 0 heterocycles. The van der Waals surface area contributed by atoms with E-state index in [4.69, 9.17) is 18.0 Å². The van der Waals surface area contributed by atoms with Crippen molar-refractivity contribution in [3.05, 3.63) is 47.0 Å². The average molecular weight is 627 g/mol. The highest BCUT2D eigenvalue weighted by Crippen LogP contribution is 2.44. The summed E-state index contributed by atoms with van der Waals surface area (Å²) < 4.78 is 26.7. The number of benzene rings is 1. The lowest BCUT2D eigenvalue weighted by Gasteiger charge is -2.44. The molecule has 0 bridgehead atoms. The number of methoxy groups -OCH3 is 1. The van der Waals surface area contributed by atoms with Crippen LogP contribution in [0.1, 0.15) is 79.5 Å². The highest BCUT2D eigenvalue weighted by atomic mass is 28.4. The van der Waals surface area contributed by atoms with Crippen LogP contribution in [0.2, 0.25) is 54.4 Å². The van der Waals surface area contributed by atoms with Gasteiger partial charge in [-0.3, -0.25) is 0 Å². The second-order valence-electron chi connectivity index (χ2n) is 16.1. The highest BCUT2D eigenvalue weighted by Gasteiger charge is 2.45. The highest BCUT2D eigenvalue weighted by molar-refractivity contribution is 6.75. The molecule has 0 fully saturated rings.